The van der Waals surface area contributed by atoms with Gasteiger partial charge in [-0.25, -0.2) is 0 Å². The van der Waals surface area contributed by atoms with Gasteiger partial charge in [-0.05, 0) is 44.0 Å². The Bertz CT molecular complexity index is 652. The van der Waals surface area contributed by atoms with Gasteiger partial charge in [-0.15, -0.1) is 0 Å². The van der Waals surface area contributed by atoms with E-state index in [0.29, 0.717) is 24.6 Å². The molecule has 1 fully saturated rings. The van der Waals surface area contributed by atoms with E-state index < -0.39 is 24.9 Å². The van der Waals surface area contributed by atoms with E-state index in [1.807, 2.05) is 25.2 Å². The summed E-state index contributed by atoms with van der Waals surface area (Å²) >= 11 is 0. The largest absolute Gasteiger partial charge is 0.493 e. The average Bonchev–Trinajstić information content (AvgIpc) is 2.69. The standard InChI is InChI=1S/C20H29F3N2O3/c1-24(12-9-15-6-7-17(27-2)18(13-15)28-3)16-5-4-11-25(14-16)19(26)8-10-20(21,22)23/h6-7,13,16H,4-5,8-12,14H2,1-3H3. The SMILES string of the molecule is COc1ccc(CCN(C)C2CCCN(C(=O)CCC(F)(F)F)C2)cc1OC. The van der Waals surface area contributed by atoms with Gasteiger partial charge in [0.25, 0.3) is 0 Å². The van der Waals surface area contributed by atoms with Crippen LogP contribution in [0, 0.1) is 0 Å². The van der Waals surface area contributed by atoms with E-state index in [1.54, 1.807) is 19.1 Å². The summed E-state index contributed by atoms with van der Waals surface area (Å²) < 4.78 is 47.6. The summed E-state index contributed by atoms with van der Waals surface area (Å²) in [5.41, 5.74) is 1.11. The van der Waals surface area contributed by atoms with Crippen molar-refractivity contribution < 1.29 is 27.4 Å². The molecule has 1 aromatic carbocycles. The molecule has 1 atom stereocenters. The first kappa shape index (κ1) is 22.3. The topological polar surface area (TPSA) is 42.0 Å². The number of alkyl halides is 3. The van der Waals surface area contributed by atoms with E-state index in [-0.39, 0.29) is 6.04 Å². The van der Waals surface area contributed by atoms with Crippen LogP contribution in [-0.2, 0) is 11.2 Å². The lowest BCUT2D eigenvalue weighted by atomic mass is 10.0. The Labute approximate surface area is 164 Å². The molecule has 0 spiro atoms. The third-order valence-corrected chi connectivity index (χ3v) is 5.20. The van der Waals surface area contributed by atoms with Gasteiger partial charge in [0.05, 0.1) is 20.6 Å². The second-order valence-corrected chi connectivity index (χ2v) is 7.17. The third kappa shape index (κ3) is 6.58. The van der Waals surface area contributed by atoms with Crippen LogP contribution in [0.4, 0.5) is 13.2 Å². The van der Waals surface area contributed by atoms with Gasteiger partial charge in [0.15, 0.2) is 11.5 Å². The number of benzene rings is 1. The molecule has 1 amide bonds. The highest BCUT2D eigenvalue weighted by atomic mass is 19.4. The number of nitrogens with zero attached hydrogens (tertiary/aromatic N) is 2. The monoisotopic (exact) mass is 402 g/mol. The molecule has 8 heteroatoms. The Kier molecular flexibility index (Phi) is 7.98. The molecule has 2 rings (SSSR count). The zero-order valence-corrected chi connectivity index (χ0v) is 16.7. The van der Waals surface area contributed by atoms with Crippen LogP contribution in [0.25, 0.3) is 0 Å². The predicted molar refractivity (Wildman–Crippen MR) is 101 cm³/mol. The molecular weight excluding hydrogens is 373 g/mol. The fraction of sp³-hybridized carbons (Fsp3) is 0.650. The molecule has 1 aromatic rings. The molecule has 1 heterocycles. The third-order valence-electron chi connectivity index (χ3n) is 5.20. The van der Waals surface area contributed by atoms with Gasteiger partial charge in [-0.3, -0.25) is 4.79 Å². The molecule has 5 nitrogen and oxygen atoms in total. The number of hydrogen-bond acceptors (Lipinski definition) is 4. The molecule has 28 heavy (non-hydrogen) atoms. The Hall–Kier alpha value is -1.96. The summed E-state index contributed by atoms with van der Waals surface area (Å²) in [5, 5.41) is 0. The minimum absolute atomic E-state index is 0.156. The van der Waals surface area contributed by atoms with Gasteiger partial charge in [-0.2, -0.15) is 13.2 Å². The van der Waals surface area contributed by atoms with Crippen molar-refractivity contribution in [2.45, 2.75) is 44.3 Å². The lowest BCUT2D eigenvalue weighted by molar-refractivity contribution is -0.150. The number of amides is 1. The maximum absolute atomic E-state index is 12.4. The number of methoxy groups -OCH3 is 2. The van der Waals surface area contributed by atoms with E-state index >= 15 is 0 Å². The summed E-state index contributed by atoms with van der Waals surface area (Å²) in [5.74, 6) is 0.956. The maximum atomic E-state index is 12.4. The van der Waals surface area contributed by atoms with Crippen molar-refractivity contribution >= 4 is 5.91 Å². The highest BCUT2D eigenvalue weighted by molar-refractivity contribution is 5.76. The Morgan fingerprint density at radius 3 is 2.61 bits per heavy atom. The number of hydrogen-bond donors (Lipinski definition) is 0. The first-order valence-corrected chi connectivity index (χ1v) is 9.49. The van der Waals surface area contributed by atoms with Crippen molar-refractivity contribution in [3.63, 3.8) is 0 Å². The summed E-state index contributed by atoms with van der Waals surface area (Å²) in [7, 11) is 5.19. The van der Waals surface area contributed by atoms with Gasteiger partial charge < -0.3 is 19.3 Å². The van der Waals surface area contributed by atoms with Gasteiger partial charge in [0.1, 0.15) is 0 Å². The second-order valence-electron chi connectivity index (χ2n) is 7.17. The number of likely N-dealkylation sites (N-methyl/N-ethyl adjacent to an activating group) is 1. The fourth-order valence-corrected chi connectivity index (χ4v) is 3.47. The number of carbonyl (C=O) groups is 1. The molecule has 1 unspecified atom stereocenters. The van der Waals surface area contributed by atoms with Gasteiger partial charge in [0.2, 0.25) is 5.91 Å². The van der Waals surface area contributed by atoms with E-state index in [1.165, 1.54) is 0 Å². The molecule has 1 aliphatic heterocycles. The van der Waals surface area contributed by atoms with Crippen LogP contribution in [-0.4, -0.2) is 68.8 Å². The average molecular weight is 402 g/mol. The molecule has 0 bridgehead atoms. The van der Waals surface area contributed by atoms with Crippen LogP contribution in [0.1, 0.15) is 31.2 Å². The molecule has 0 radical (unpaired) electrons. The Morgan fingerprint density at radius 2 is 1.96 bits per heavy atom. The minimum Gasteiger partial charge on any atom is -0.493 e. The van der Waals surface area contributed by atoms with Crippen LogP contribution in [0.15, 0.2) is 18.2 Å². The number of rotatable bonds is 8. The van der Waals surface area contributed by atoms with E-state index in [4.69, 9.17) is 9.47 Å². The molecule has 1 saturated heterocycles. The van der Waals surface area contributed by atoms with Crippen molar-refractivity contribution in [1.82, 2.24) is 9.80 Å². The van der Waals surface area contributed by atoms with Crippen molar-refractivity contribution in [2.75, 3.05) is 40.9 Å². The lowest BCUT2D eigenvalue weighted by Crippen LogP contribution is -2.49. The summed E-state index contributed by atoms with van der Waals surface area (Å²) in [6.45, 7) is 1.81. The summed E-state index contributed by atoms with van der Waals surface area (Å²) in [4.78, 5) is 15.9. The fourth-order valence-electron chi connectivity index (χ4n) is 3.47. The Balaban J connectivity index is 1.86. The summed E-state index contributed by atoms with van der Waals surface area (Å²) in [6.07, 6.45) is -3.27. The van der Waals surface area contributed by atoms with Gasteiger partial charge in [0, 0.05) is 32.1 Å². The highest BCUT2D eigenvalue weighted by Crippen LogP contribution is 2.28. The first-order valence-electron chi connectivity index (χ1n) is 9.49. The van der Waals surface area contributed by atoms with Gasteiger partial charge >= 0.3 is 6.18 Å². The molecule has 0 aromatic heterocycles. The summed E-state index contributed by atoms with van der Waals surface area (Å²) in [6, 6.07) is 5.96. The second kappa shape index (κ2) is 10.0. The number of halogens is 3. The molecule has 0 aliphatic carbocycles. The van der Waals surface area contributed by atoms with Crippen molar-refractivity contribution in [3.8, 4) is 11.5 Å². The smallest absolute Gasteiger partial charge is 0.389 e. The number of likely N-dealkylation sites (tertiary alicyclic amines) is 1. The van der Waals surface area contributed by atoms with Crippen LogP contribution >= 0.6 is 0 Å². The van der Waals surface area contributed by atoms with E-state index in [2.05, 4.69) is 4.90 Å². The van der Waals surface area contributed by atoms with Crippen LogP contribution in [0.3, 0.4) is 0 Å². The van der Waals surface area contributed by atoms with Crippen molar-refractivity contribution in [2.24, 2.45) is 0 Å². The van der Waals surface area contributed by atoms with Crippen LogP contribution < -0.4 is 9.47 Å². The van der Waals surface area contributed by atoms with E-state index in [0.717, 1.165) is 31.4 Å². The van der Waals surface area contributed by atoms with Crippen molar-refractivity contribution in [3.05, 3.63) is 23.8 Å². The molecule has 0 N–H and O–H groups in total. The van der Waals surface area contributed by atoms with E-state index in [9.17, 15) is 18.0 Å². The first-order chi connectivity index (χ1) is 13.2. The Morgan fingerprint density at radius 1 is 1.25 bits per heavy atom. The predicted octanol–water partition coefficient (Wildman–Crippen LogP) is 3.51. The molecule has 1 aliphatic rings. The van der Waals surface area contributed by atoms with Gasteiger partial charge in [-0.1, -0.05) is 6.07 Å². The zero-order chi connectivity index (χ0) is 20.7. The maximum Gasteiger partial charge on any atom is 0.389 e. The molecule has 0 saturated carbocycles. The zero-order valence-electron chi connectivity index (χ0n) is 16.7. The quantitative estimate of drug-likeness (QED) is 0.667. The number of ether oxygens (including phenoxy) is 2. The molecular formula is C20H29F3N2O3. The minimum atomic E-state index is -4.29. The van der Waals surface area contributed by atoms with Crippen LogP contribution in [0.5, 0.6) is 11.5 Å². The number of piperidine rings is 1. The normalized spacial score (nSPS) is 17.7. The highest BCUT2D eigenvalue weighted by Gasteiger charge is 2.31. The lowest BCUT2D eigenvalue weighted by Gasteiger charge is -2.38. The van der Waals surface area contributed by atoms with Crippen molar-refractivity contribution in [1.29, 1.82) is 0 Å². The number of carbonyl (C=O) groups excluding carboxylic acids is 1. The van der Waals surface area contributed by atoms with Crippen LogP contribution in [0.2, 0.25) is 0 Å². The molecule has 158 valence electrons.